The van der Waals surface area contributed by atoms with Crippen LogP contribution < -0.4 is 0 Å². The van der Waals surface area contributed by atoms with Crippen molar-refractivity contribution in [3.63, 3.8) is 0 Å². The molecule has 6 heteroatoms. The Bertz CT molecular complexity index is 991. The molecule has 2 aromatic rings. The minimum Gasteiger partial charge on any atom is -0.485 e. The quantitative estimate of drug-likeness (QED) is 0.333. The van der Waals surface area contributed by atoms with Crippen LogP contribution in [0.25, 0.3) is 10.4 Å². The van der Waals surface area contributed by atoms with Gasteiger partial charge in [-0.3, -0.25) is 9.59 Å². The molecule has 4 rings (SSSR count). The van der Waals surface area contributed by atoms with Gasteiger partial charge in [-0.2, -0.15) is 0 Å². The molecule has 1 aliphatic carbocycles. The number of nitrogens with zero attached hydrogens (tertiary/aromatic N) is 3. The Hall–Kier alpha value is -3.37. The molecule has 0 fully saturated rings. The summed E-state index contributed by atoms with van der Waals surface area (Å²) in [6.07, 6.45) is 0.956. The molecule has 0 aromatic heterocycles. The summed E-state index contributed by atoms with van der Waals surface area (Å²) in [6.45, 7) is 0. The van der Waals surface area contributed by atoms with Crippen molar-refractivity contribution >= 4 is 17.3 Å². The van der Waals surface area contributed by atoms with E-state index in [1.54, 1.807) is 42.5 Å². The van der Waals surface area contributed by atoms with Crippen LogP contribution in [0.15, 0.2) is 71.0 Å². The maximum atomic E-state index is 13.2. The molecule has 2 aliphatic rings. The van der Waals surface area contributed by atoms with Crippen LogP contribution in [0, 0.1) is 0 Å². The Morgan fingerprint density at radius 1 is 1.07 bits per heavy atom. The van der Waals surface area contributed by atoms with Crippen molar-refractivity contribution in [3.8, 4) is 0 Å². The summed E-state index contributed by atoms with van der Waals surface area (Å²) < 4.78 is 6.03. The van der Waals surface area contributed by atoms with Crippen LogP contribution in [0.4, 0.5) is 5.69 Å². The third kappa shape index (κ3) is 3.00. The lowest BCUT2D eigenvalue weighted by Crippen LogP contribution is -2.28. The molecular weight excluding hydrogens is 342 g/mol. The third-order valence-corrected chi connectivity index (χ3v) is 5.03. The van der Waals surface area contributed by atoms with Crippen LogP contribution in [0.1, 0.15) is 41.1 Å². The number of hydrogen-bond donors (Lipinski definition) is 0. The average Bonchev–Trinajstić information content (AvgIpc) is 3.09. The lowest BCUT2D eigenvalue weighted by molar-refractivity contribution is -0.116. The lowest BCUT2D eigenvalue weighted by Gasteiger charge is -2.22. The molecule has 2 aromatic carbocycles. The van der Waals surface area contributed by atoms with Gasteiger partial charge in [0, 0.05) is 34.6 Å². The minimum absolute atomic E-state index is 0.000326. The molecule has 27 heavy (non-hydrogen) atoms. The molecule has 0 saturated heterocycles. The summed E-state index contributed by atoms with van der Waals surface area (Å²) in [4.78, 5) is 28.8. The van der Waals surface area contributed by atoms with Crippen LogP contribution >= 0.6 is 0 Å². The van der Waals surface area contributed by atoms with Gasteiger partial charge < -0.3 is 4.74 Å². The molecule has 1 aliphatic heterocycles. The van der Waals surface area contributed by atoms with E-state index < -0.39 is 12.0 Å². The Morgan fingerprint density at radius 3 is 2.59 bits per heavy atom. The number of carbonyl (C=O) groups is 2. The van der Waals surface area contributed by atoms with Gasteiger partial charge in [0.05, 0.1) is 5.92 Å². The number of allylic oxidation sites excluding steroid dienone is 1. The van der Waals surface area contributed by atoms with Crippen LogP contribution in [0.5, 0.6) is 0 Å². The number of benzene rings is 2. The number of carbonyl (C=O) groups excluding carboxylic acids is 2. The van der Waals surface area contributed by atoms with E-state index in [9.17, 15) is 9.59 Å². The monoisotopic (exact) mass is 359 g/mol. The fourth-order valence-electron chi connectivity index (χ4n) is 3.86. The predicted molar refractivity (Wildman–Crippen MR) is 99.5 cm³/mol. The first-order valence-corrected chi connectivity index (χ1v) is 8.87. The van der Waals surface area contributed by atoms with E-state index >= 15 is 0 Å². The number of ether oxygens (including phenoxy) is 1. The van der Waals surface area contributed by atoms with E-state index in [1.165, 1.54) is 0 Å². The number of Topliss-reactive ketones (excluding diaryl/α,β-unsaturated/α-hetero) is 2. The fraction of sp³-hybridized carbons (Fsp3) is 0.238. The summed E-state index contributed by atoms with van der Waals surface area (Å²) >= 11 is 0. The third-order valence-electron chi connectivity index (χ3n) is 5.03. The molecule has 2 atom stereocenters. The number of ketones is 2. The molecule has 0 radical (unpaired) electrons. The van der Waals surface area contributed by atoms with Crippen LogP contribution in [-0.4, -0.2) is 17.7 Å². The van der Waals surface area contributed by atoms with Gasteiger partial charge >= 0.3 is 0 Å². The van der Waals surface area contributed by atoms with Gasteiger partial charge in [0.15, 0.2) is 11.9 Å². The summed E-state index contributed by atoms with van der Waals surface area (Å²) in [5.74, 6) is -0.151. The van der Waals surface area contributed by atoms with Gasteiger partial charge in [0.25, 0.3) is 0 Å². The Morgan fingerprint density at radius 2 is 1.81 bits per heavy atom. The Labute approximate surface area is 156 Å². The van der Waals surface area contributed by atoms with Crippen molar-refractivity contribution in [1.82, 2.24) is 0 Å². The summed E-state index contributed by atoms with van der Waals surface area (Å²) in [7, 11) is 0. The highest BCUT2D eigenvalue weighted by atomic mass is 16.5. The highest BCUT2D eigenvalue weighted by Crippen LogP contribution is 2.47. The van der Waals surface area contributed by atoms with Crippen LogP contribution in [0.3, 0.4) is 0 Å². The largest absolute Gasteiger partial charge is 0.485 e. The second-order valence-corrected chi connectivity index (χ2v) is 6.61. The normalized spacial score (nSPS) is 21.3. The molecule has 0 bridgehead atoms. The van der Waals surface area contributed by atoms with E-state index in [4.69, 9.17) is 10.3 Å². The fourth-order valence-corrected chi connectivity index (χ4v) is 3.86. The SMILES string of the molecule is [N-]=[N+]=Nc1ccccc1C1C2=C(CCCC2=O)OC1C(=O)c1ccccc1. The number of rotatable bonds is 4. The Balaban J connectivity index is 1.84. The molecule has 2 unspecified atom stereocenters. The first kappa shape index (κ1) is 17.1. The van der Waals surface area contributed by atoms with E-state index in [1.807, 2.05) is 12.1 Å². The molecule has 6 nitrogen and oxygen atoms in total. The number of azide groups is 1. The topological polar surface area (TPSA) is 92.1 Å². The van der Waals surface area contributed by atoms with Gasteiger partial charge in [-0.05, 0) is 17.5 Å². The van der Waals surface area contributed by atoms with Gasteiger partial charge in [0.1, 0.15) is 5.76 Å². The van der Waals surface area contributed by atoms with Crippen LogP contribution in [-0.2, 0) is 9.53 Å². The molecule has 0 amide bonds. The Kier molecular flexibility index (Phi) is 4.48. The zero-order valence-corrected chi connectivity index (χ0v) is 14.5. The van der Waals surface area contributed by atoms with Crippen LogP contribution in [0.2, 0.25) is 0 Å². The summed E-state index contributed by atoms with van der Waals surface area (Å²) in [5, 5.41) is 3.76. The van der Waals surface area contributed by atoms with Crippen molar-refractivity contribution in [1.29, 1.82) is 0 Å². The zero-order valence-electron chi connectivity index (χ0n) is 14.5. The first-order chi connectivity index (χ1) is 13.2. The van der Waals surface area contributed by atoms with Crippen molar-refractivity contribution in [2.24, 2.45) is 5.11 Å². The molecule has 0 spiro atoms. The predicted octanol–water partition coefficient (Wildman–Crippen LogP) is 5.00. The molecule has 134 valence electrons. The summed E-state index contributed by atoms with van der Waals surface area (Å²) in [5.41, 5.74) is 11.0. The molecule has 0 N–H and O–H groups in total. The molecule has 1 heterocycles. The average molecular weight is 359 g/mol. The maximum absolute atomic E-state index is 13.2. The number of hydrogen-bond acceptors (Lipinski definition) is 4. The highest BCUT2D eigenvalue weighted by molar-refractivity contribution is 6.05. The van der Waals surface area contributed by atoms with E-state index in [-0.39, 0.29) is 11.6 Å². The van der Waals surface area contributed by atoms with E-state index in [0.717, 1.165) is 0 Å². The smallest absolute Gasteiger partial charge is 0.204 e. The van der Waals surface area contributed by atoms with E-state index in [2.05, 4.69) is 10.0 Å². The van der Waals surface area contributed by atoms with Gasteiger partial charge in [0.2, 0.25) is 5.78 Å². The van der Waals surface area contributed by atoms with E-state index in [0.29, 0.717) is 47.4 Å². The highest BCUT2D eigenvalue weighted by Gasteiger charge is 2.46. The molecule has 0 saturated carbocycles. The second-order valence-electron chi connectivity index (χ2n) is 6.61. The van der Waals surface area contributed by atoms with Crippen molar-refractivity contribution in [2.45, 2.75) is 31.3 Å². The zero-order chi connectivity index (χ0) is 18.8. The minimum atomic E-state index is -0.838. The molecular formula is C21H17N3O3. The van der Waals surface area contributed by atoms with Gasteiger partial charge in [-0.25, -0.2) is 0 Å². The first-order valence-electron chi connectivity index (χ1n) is 8.87. The van der Waals surface area contributed by atoms with Crippen molar-refractivity contribution in [3.05, 3.63) is 87.5 Å². The van der Waals surface area contributed by atoms with Crippen molar-refractivity contribution in [2.75, 3.05) is 0 Å². The second kappa shape index (κ2) is 7.09. The lowest BCUT2D eigenvalue weighted by atomic mass is 9.79. The van der Waals surface area contributed by atoms with Gasteiger partial charge in [-0.15, -0.1) is 0 Å². The maximum Gasteiger partial charge on any atom is 0.204 e. The summed E-state index contributed by atoms with van der Waals surface area (Å²) in [6, 6.07) is 16.0. The van der Waals surface area contributed by atoms with Crippen molar-refractivity contribution < 1.29 is 14.3 Å². The standard InChI is InChI=1S/C21H17N3O3/c22-24-23-15-10-5-4-9-14(15)18-19-16(25)11-6-12-17(19)27-21(18)20(26)13-7-2-1-3-8-13/h1-5,7-10,18,21H,6,11-12H2. The van der Waals surface area contributed by atoms with Gasteiger partial charge in [-0.1, -0.05) is 59.7 Å².